The van der Waals surface area contributed by atoms with Crippen molar-refractivity contribution in [2.45, 2.75) is 19.4 Å². The third kappa shape index (κ3) is 2.59. The first-order chi connectivity index (χ1) is 10.6. The fourth-order valence-electron chi connectivity index (χ4n) is 2.90. The smallest absolute Gasteiger partial charge is 0.307 e. The van der Waals surface area contributed by atoms with Crippen molar-refractivity contribution in [3.05, 3.63) is 41.5 Å². The van der Waals surface area contributed by atoms with Crippen molar-refractivity contribution in [3.63, 3.8) is 0 Å². The molecule has 6 nitrogen and oxygen atoms in total. The maximum absolute atomic E-state index is 12.4. The van der Waals surface area contributed by atoms with Gasteiger partial charge < -0.3 is 15.7 Å². The molecule has 6 heteroatoms. The number of hydrogen-bond acceptors (Lipinski definition) is 3. The number of fused-ring (bicyclic) bond motifs is 1. The van der Waals surface area contributed by atoms with E-state index in [1.54, 1.807) is 24.3 Å². The first-order valence-electron chi connectivity index (χ1n) is 7.16. The molecule has 1 aliphatic carbocycles. The summed E-state index contributed by atoms with van der Waals surface area (Å²) in [6.45, 7) is 0.497. The number of benzene rings is 1. The standard InChI is InChI=1S/C16H16N2O4/c19-14-13-7-10(6-5-9(13)8-17-14)18-15(20)11-3-1-2-4-12(11)16(21)22/h1-2,5-7,11-12H,3-4,8H2,(H,17,19)(H,18,20)(H,21,22)/t11-,12-/m1/s1. The summed E-state index contributed by atoms with van der Waals surface area (Å²) in [5, 5.41) is 14.7. The molecular formula is C16H16N2O4. The van der Waals surface area contributed by atoms with Crippen molar-refractivity contribution in [2.24, 2.45) is 11.8 Å². The maximum Gasteiger partial charge on any atom is 0.307 e. The lowest BCUT2D eigenvalue weighted by Gasteiger charge is -2.24. The van der Waals surface area contributed by atoms with Gasteiger partial charge in [0.1, 0.15) is 0 Å². The Morgan fingerprint density at radius 2 is 1.91 bits per heavy atom. The lowest BCUT2D eigenvalue weighted by Crippen LogP contribution is -2.34. The third-order valence-electron chi connectivity index (χ3n) is 4.15. The van der Waals surface area contributed by atoms with E-state index in [0.717, 1.165) is 5.56 Å². The predicted octanol–water partition coefficient (Wildman–Crippen LogP) is 1.54. The number of amides is 2. The highest BCUT2D eigenvalue weighted by Gasteiger charge is 2.34. The minimum Gasteiger partial charge on any atom is -0.481 e. The number of carboxylic acid groups (broad SMARTS) is 1. The number of carbonyl (C=O) groups excluding carboxylic acids is 2. The van der Waals surface area contributed by atoms with Gasteiger partial charge in [-0.15, -0.1) is 0 Å². The molecule has 1 heterocycles. The Morgan fingerprint density at radius 1 is 1.18 bits per heavy atom. The van der Waals surface area contributed by atoms with Gasteiger partial charge in [-0.25, -0.2) is 0 Å². The molecule has 0 aromatic heterocycles. The third-order valence-corrected chi connectivity index (χ3v) is 4.15. The molecule has 2 atom stereocenters. The highest BCUT2D eigenvalue weighted by atomic mass is 16.4. The van der Waals surface area contributed by atoms with Gasteiger partial charge in [-0.05, 0) is 30.5 Å². The lowest BCUT2D eigenvalue weighted by atomic mass is 9.82. The van der Waals surface area contributed by atoms with Crippen LogP contribution < -0.4 is 10.6 Å². The van der Waals surface area contributed by atoms with Crippen LogP contribution in [0.25, 0.3) is 0 Å². The van der Waals surface area contributed by atoms with E-state index in [4.69, 9.17) is 0 Å². The first-order valence-corrected chi connectivity index (χ1v) is 7.16. The number of carboxylic acids is 1. The van der Waals surface area contributed by atoms with Crippen LogP contribution in [0.5, 0.6) is 0 Å². The minimum atomic E-state index is -0.960. The van der Waals surface area contributed by atoms with Gasteiger partial charge in [0.2, 0.25) is 5.91 Å². The van der Waals surface area contributed by atoms with Gasteiger partial charge in [-0.3, -0.25) is 14.4 Å². The fraction of sp³-hybridized carbons (Fsp3) is 0.312. The Balaban J connectivity index is 1.77. The molecule has 1 aromatic rings. The van der Waals surface area contributed by atoms with E-state index >= 15 is 0 Å². The molecule has 0 saturated carbocycles. The summed E-state index contributed by atoms with van der Waals surface area (Å²) in [6.07, 6.45) is 4.40. The number of nitrogens with one attached hydrogen (secondary N) is 2. The van der Waals surface area contributed by atoms with Crippen molar-refractivity contribution >= 4 is 23.5 Å². The summed E-state index contributed by atoms with van der Waals surface area (Å²) in [5.74, 6) is -2.74. The molecule has 2 amide bonds. The molecule has 0 fully saturated rings. The Kier molecular flexibility index (Phi) is 3.66. The highest BCUT2D eigenvalue weighted by molar-refractivity contribution is 6.01. The number of allylic oxidation sites excluding steroid dienone is 2. The molecule has 114 valence electrons. The fourth-order valence-corrected chi connectivity index (χ4v) is 2.90. The van der Waals surface area contributed by atoms with Crippen LogP contribution in [0.2, 0.25) is 0 Å². The van der Waals surface area contributed by atoms with E-state index in [-0.39, 0.29) is 11.8 Å². The topological polar surface area (TPSA) is 95.5 Å². The molecular weight excluding hydrogens is 284 g/mol. The van der Waals surface area contributed by atoms with Gasteiger partial charge in [0, 0.05) is 17.8 Å². The van der Waals surface area contributed by atoms with Crippen molar-refractivity contribution < 1.29 is 19.5 Å². The van der Waals surface area contributed by atoms with E-state index in [9.17, 15) is 19.5 Å². The zero-order valence-electron chi connectivity index (χ0n) is 11.8. The quantitative estimate of drug-likeness (QED) is 0.738. The van der Waals surface area contributed by atoms with Crippen LogP contribution in [-0.2, 0) is 16.1 Å². The second-order valence-corrected chi connectivity index (χ2v) is 5.54. The van der Waals surface area contributed by atoms with Gasteiger partial charge in [0.25, 0.3) is 5.91 Å². The molecule has 3 N–H and O–H groups in total. The number of hydrogen-bond donors (Lipinski definition) is 3. The van der Waals surface area contributed by atoms with E-state index in [1.807, 2.05) is 6.08 Å². The monoisotopic (exact) mass is 300 g/mol. The minimum absolute atomic E-state index is 0.157. The number of aliphatic carboxylic acids is 1. The van der Waals surface area contributed by atoms with E-state index in [0.29, 0.717) is 30.6 Å². The Bertz CT molecular complexity index is 681. The van der Waals surface area contributed by atoms with E-state index in [1.165, 1.54) is 0 Å². The van der Waals surface area contributed by atoms with Crippen molar-refractivity contribution in [1.29, 1.82) is 0 Å². The van der Waals surface area contributed by atoms with Crippen LogP contribution in [0.3, 0.4) is 0 Å². The van der Waals surface area contributed by atoms with Crippen LogP contribution in [-0.4, -0.2) is 22.9 Å². The Labute approximate surface area is 127 Å². The van der Waals surface area contributed by atoms with Gasteiger partial charge >= 0.3 is 5.97 Å². The maximum atomic E-state index is 12.4. The van der Waals surface area contributed by atoms with Crippen molar-refractivity contribution in [2.75, 3.05) is 5.32 Å². The predicted molar refractivity (Wildman–Crippen MR) is 79.2 cm³/mol. The first kappa shape index (κ1) is 14.3. The van der Waals surface area contributed by atoms with Crippen LogP contribution >= 0.6 is 0 Å². The van der Waals surface area contributed by atoms with Crippen LogP contribution in [0.4, 0.5) is 5.69 Å². The molecule has 0 bridgehead atoms. The van der Waals surface area contributed by atoms with Gasteiger partial charge in [0.15, 0.2) is 0 Å². The van der Waals surface area contributed by atoms with Gasteiger partial charge in [0.05, 0.1) is 11.8 Å². The van der Waals surface area contributed by atoms with Gasteiger partial charge in [-0.2, -0.15) is 0 Å². The molecule has 3 rings (SSSR count). The largest absolute Gasteiger partial charge is 0.481 e. The second kappa shape index (κ2) is 5.63. The normalized spacial score (nSPS) is 22.8. The Morgan fingerprint density at radius 3 is 2.64 bits per heavy atom. The zero-order valence-corrected chi connectivity index (χ0v) is 11.8. The number of rotatable bonds is 3. The molecule has 0 spiro atoms. The molecule has 0 radical (unpaired) electrons. The average molecular weight is 300 g/mol. The van der Waals surface area contributed by atoms with Crippen LogP contribution in [0.15, 0.2) is 30.4 Å². The summed E-state index contributed by atoms with van der Waals surface area (Å²) in [7, 11) is 0. The van der Waals surface area contributed by atoms with Gasteiger partial charge in [-0.1, -0.05) is 18.2 Å². The molecule has 1 aromatic carbocycles. The highest BCUT2D eigenvalue weighted by Crippen LogP contribution is 2.28. The molecule has 2 aliphatic rings. The summed E-state index contributed by atoms with van der Waals surface area (Å²) in [4.78, 5) is 35.2. The number of anilines is 1. The summed E-state index contributed by atoms with van der Waals surface area (Å²) >= 11 is 0. The molecule has 0 unspecified atom stereocenters. The van der Waals surface area contributed by atoms with Crippen molar-refractivity contribution in [1.82, 2.24) is 5.32 Å². The summed E-state index contributed by atoms with van der Waals surface area (Å²) in [6, 6.07) is 5.15. The van der Waals surface area contributed by atoms with Crippen LogP contribution in [0, 0.1) is 11.8 Å². The molecule has 0 saturated heterocycles. The zero-order chi connectivity index (χ0) is 15.7. The SMILES string of the molecule is O=C1NCc2ccc(NC(=O)[C@@H]3CC=CC[C@H]3C(=O)O)cc21. The van der Waals surface area contributed by atoms with Crippen LogP contribution in [0.1, 0.15) is 28.8 Å². The van der Waals surface area contributed by atoms with Crippen molar-refractivity contribution in [3.8, 4) is 0 Å². The summed E-state index contributed by atoms with van der Waals surface area (Å²) in [5.41, 5.74) is 1.96. The van der Waals surface area contributed by atoms with E-state index in [2.05, 4.69) is 10.6 Å². The summed E-state index contributed by atoms with van der Waals surface area (Å²) < 4.78 is 0. The van der Waals surface area contributed by atoms with E-state index < -0.39 is 17.8 Å². The molecule has 1 aliphatic heterocycles. The number of carbonyl (C=O) groups is 3. The Hall–Kier alpha value is -2.63. The average Bonchev–Trinajstić information content (AvgIpc) is 2.88. The lowest BCUT2D eigenvalue weighted by molar-refractivity contribution is -0.146. The second-order valence-electron chi connectivity index (χ2n) is 5.54. The molecule has 22 heavy (non-hydrogen) atoms.